The van der Waals surface area contributed by atoms with Crippen LogP contribution >= 0.6 is 0 Å². The number of aromatic nitrogens is 2. The summed E-state index contributed by atoms with van der Waals surface area (Å²) in [6, 6.07) is 0. The van der Waals surface area contributed by atoms with Crippen molar-refractivity contribution in [3.05, 3.63) is 18.2 Å². The highest BCUT2D eigenvalue weighted by atomic mass is 16.3. The maximum Gasteiger partial charge on any atom is 0.147 e. The minimum absolute atomic E-state index is 0.263. The molecule has 1 aromatic heterocycles. The van der Waals surface area contributed by atoms with E-state index >= 15 is 0 Å². The van der Waals surface area contributed by atoms with Crippen molar-refractivity contribution in [2.75, 3.05) is 0 Å². The van der Waals surface area contributed by atoms with Crippen LogP contribution in [0.15, 0.2) is 12.5 Å². The maximum atomic E-state index is 12.4. The van der Waals surface area contributed by atoms with Gasteiger partial charge in [-0.05, 0) is 25.7 Å². The Labute approximate surface area is 84.6 Å². The summed E-state index contributed by atoms with van der Waals surface area (Å²) in [5.74, 6) is 0.263. The third kappa shape index (κ3) is 1.69. The molecule has 1 unspecified atom stereocenters. The van der Waals surface area contributed by atoms with Gasteiger partial charge in [0.15, 0.2) is 0 Å². The van der Waals surface area contributed by atoms with Gasteiger partial charge in [0.2, 0.25) is 0 Å². The molecule has 0 bridgehead atoms. The first kappa shape index (κ1) is 9.71. The predicted octanol–water partition coefficient (Wildman–Crippen LogP) is 2.64. The van der Waals surface area contributed by atoms with Crippen LogP contribution in [-0.4, -0.2) is 9.97 Å². The Balaban J connectivity index is 2.14. The van der Waals surface area contributed by atoms with E-state index in [-0.39, 0.29) is 5.92 Å². The van der Waals surface area contributed by atoms with Crippen molar-refractivity contribution in [2.24, 2.45) is 5.92 Å². The fourth-order valence-corrected chi connectivity index (χ4v) is 2.39. The van der Waals surface area contributed by atoms with Crippen molar-refractivity contribution in [2.45, 2.75) is 44.6 Å². The van der Waals surface area contributed by atoms with E-state index in [4.69, 9.17) is 0 Å². The summed E-state index contributed by atoms with van der Waals surface area (Å²) in [4.78, 5) is 6.96. The van der Waals surface area contributed by atoms with Gasteiger partial charge in [0.05, 0.1) is 12.0 Å². The third-order valence-electron chi connectivity index (χ3n) is 3.39. The van der Waals surface area contributed by atoms with Gasteiger partial charge in [0.25, 0.3) is 0 Å². The summed E-state index contributed by atoms with van der Waals surface area (Å²) < 4.78 is 0. The molecule has 1 heterocycles. The fraction of sp³-hybridized carbons (Fsp3) is 0.727. The lowest BCUT2D eigenvalue weighted by atomic mass is 9.76. The molecule has 1 fully saturated rings. The Morgan fingerprint density at radius 2 is 2.14 bits per heavy atom. The largest absolute Gasteiger partial charge is 0.351 e. The predicted molar refractivity (Wildman–Crippen MR) is 53.2 cm³/mol. The molecular weight excluding hydrogens is 176 g/mol. The smallest absolute Gasteiger partial charge is 0.147 e. The average molecular weight is 193 g/mol. The molecule has 2 rings (SSSR count). The number of hydrogen-bond donors (Lipinski definition) is 1. The zero-order valence-corrected chi connectivity index (χ0v) is 8.62. The second kappa shape index (κ2) is 3.73. The standard InChI is InChI=1S/C11H17N2O/c1-11(14,10-7-12-8-13-10)9-5-3-2-4-6-9/h7-9H,2-6H2,1H3,(H,12,13). The van der Waals surface area contributed by atoms with Gasteiger partial charge in [-0.15, -0.1) is 0 Å². The van der Waals surface area contributed by atoms with E-state index in [1.165, 1.54) is 19.3 Å². The fourth-order valence-electron chi connectivity index (χ4n) is 2.39. The molecular formula is C11H17N2O. The Morgan fingerprint density at radius 1 is 1.43 bits per heavy atom. The van der Waals surface area contributed by atoms with E-state index in [9.17, 15) is 5.11 Å². The van der Waals surface area contributed by atoms with E-state index < -0.39 is 5.60 Å². The number of nitrogens with one attached hydrogen (secondary N) is 1. The van der Waals surface area contributed by atoms with Gasteiger partial charge in [-0.1, -0.05) is 19.3 Å². The lowest BCUT2D eigenvalue weighted by Gasteiger charge is -2.32. The van der Waals surface area contributed by atoms with Crippen molar-refractivity contribution in [1.82, 2.24) is 9.97 Å². The summed E-state index contributed by atoms with van der Waals surface area (Å²) in [7, 11) is 0. The second-order valence-corrected chi connectivity index (χ2v) is 4.40. The number of imidazole rings is 1. The highest BCUT2D eigenvalue weighted by Crippen LogP contribution is 2.38. The van der Waals surface area contributed by atoms with E-state index in [1.807, 2.05) is 0 Å². The van der Waals surface area contributed by atoms with Crippen LogP contribution in [-0.2, 0) is 10.7 Å². The van der Waals surface area contributed by atoms with Crippen molar-refractivity contribution in [3.8, 4) is 0 Å². The van der Waals surface area contributed by atoms with Crippen LogP contribution < -0.4 is 0 Å². The van der Waals surface area contributed by atoms with Crippen molar-refractivity contribution < 1.29 is 5.11 Å². The molecule has 0 aromatic carbocycles. The molecule has 1 aromatic rings. The highest BCUT2D eigenvalue weighted by Gasteiger charge is 2.37. The van der Waals surface area contributed by atoms with Crippen molar-refractivity contribution >= 4 is 0 Å². The molecule has 0 saturated heterocycles. The monoisotopic (exact) mass is 193 g/mol. The van der Waals surface area contributed by atoms with Crippen LogP contribution in [0.4, 0.5) is 0 Å². The molecule has 1 aliphatic rings. The first-order chi connectivity index (χ1) is 6.71. The highest BCUT2D eigenvalue weighted by molar-refractivity contribution is 5.08. The summed E-state index contributed by atoms with van der Waals surface area (Å²) in [6.45, 7) is 1.78. The summed E-state index contributed by atoms with van der Waals surface area (Å²) >= 11 is 0. The maximum absolute atomic E-state index is 12.4. The number of hydrogen-bond acceptors (Lipinski definition) is 1. The van der Waals surface area contributed by atoms with E-state index in [0.29, 0.717) is 5.69 Å². The zero-order chi connectivity index (χ0) is 10.0. The van der Waals surface area contributed by atoms with Crippen LogP contribution in [0, 0.1) is 5.92 Å². The van der Waals surface area contributed by atoms with Gasteiger partial charge in [-0.25, -0.2) is 10.1 Å². The van der Waals surface area contributed by atoms with E-state index in [2.05, 4.69) is 9.97 Å². The van der Waals surface area contributed by atoms with Gasteiger partial charge >= 0.3 is 0 Å². The van der Waals surface area contributed by atoms with Gasteiger partial charge < -0.3 is 4.98 Å². The number of rotatable bonds is 2. The minimum Gasteiger partial charge on any atom is -0.351 e. The first-order valence-corrected chi connectivity index (χ1v) is 5.41. The van der Waals surface area contributed by atoms with Crippen LogP contribution in [0.5, 0.6) is 0 Å². The molecule has 3 nitrogen and oxygen atoms in total. The lowest BCUT2D eigenvalue weighted by molar-refractivity contribution is -0.0833. The lowest BCUT2D eigenvalue weighted by Crippen LogP contribution is -2.32. The molecule has 0 aliphatic heterocycles. The number of nitrogens with zero attached hydrogens (tertiary/aromatic N) is 1. The number of aromatic amines is 1. The molecule has 77 valence electrons. The first-order valence-electron chi connectivity index (χ1n) is 5.41. The molecule has 14 heavy (non-hydrogen) atoms. The molecule has 1 saturated carbocycles. The van der Waals surface area contributed by atoms with Gasteiger partial charge in [-0.2, -0.15) is 0 Å². The topological polar surface area (TPSA) is 48.6 Å². The SMILES string of the molecule is CC([O])(c1c[nH]cn1)C1CCCCC1. The minimum atomic E-state index is -1.000. The van der Waals surface area contributed by atoms with Crippen molar-refractivity contribution in [3.63, 3.8) is 0 Å². The van der Waals surface area contributed by atoms with Gasteiger partial charge in [0, 0.05) is 6.20 Å². The van der Waals surface area contributed by atoms with Crippen LogP contribution in [0.1, 0.15) is 44.7 Å². The molecule has 0 amide bonds. The Kier molecular flexibility index (Phi) is 2.59. The third-order valence-corrected chi connectivity index (χ3v) is 3.39. The summed E-state index contributed by atoms with van der Waals surface area (Å²) in [6.07, 6.45) is 9.14. The van der Waals surface area contributed by atoms with E-state index in [0.717, 1.165) is 12.8 Å². The quantitative estimate of drug-likeness (QED) is 0.771. The Hall–Kier alpha value is -0.830. The van der Waals surface area contributed by atoms with Crippen LogP contribution in [0.25, 0.3) is 0 Å². The number of H-pyrrole nitrogens is 1. The van der Waals surface area contributed by atoms with Gasteiger partial charge in [0.1, 0.15) is 5.60 Å². The van der Waals surface area contributed by atoms with Crippen LogP contribution in [0.2, 0.25) is 0 Å². The van der Waals surface area contributed by atoms with Gasteiger partial charge in [-0.3, -0.25) is 0 Å². The van der Waals surface area contributed by atoms with Crippen LogP contribution in [0.3, 0.4) is 0 Å². The molecule has 1 aliphatic carbocycles. The normalized spacial score (nSPS) is 23.3. The molecule has 1 radical (unpaired) electrons. The zero-order valence-electron chi connectivity index (χ0n) is 8.62. The molecule has 1 N–H and O–H groups in total. The Bertz CT molecular complexity index is 273. The van der Waals surface area contributed by atoms with E-state index in [1.54, 1.807) is 19.4 Å². The molecule has 1 atom stereocenters. The summed E-state index contributed by atoms with van der Waals surface area (Å²) in [5.41, 5.74) is -0.329. The summed E-state index contributed by atoms with van der Waals surface area (Å²) in [5, 5.41) is 12.4. The Morgan fingerprint density at radius 3 is 2.71 bits per heavy atom. The molecule has 3 heteroatoms. The molecule has 0 spiro atoms. The second-order valence-electron chi connectivity index (χ2n) is 4.40. The van der Waals surface area contributed by atoms with Crippen molar-refractivity contribution in [1.29, 1.82) is 0 Å². The average Bonchev–Trinajstić information content (AvgIpc) is 2.72.